The molecule has 5 nitrogen and oxygen atoms in total. The van der Waals surface area contributed by atoms with Gasteiger partial charge < -0.3 is 11.2 Å². The van der Waals surface area contributed by atoms with Gasteiger partial charge in [-0.15, -0.1) is 0 Å². The van der Waals surface area contributed by atoms with Crippen LogP contribution in [0.15, 0.2) is 10.1 Å². The third-order valence-corrected chi connectivity index (χ3v) is 2.15. The lowest BCUT2D eigenvalue weighted by molar-refractivity contribution is -0.115. The minimum atomic E-state index is -0.105. The summed E-state index contributed by atoms with van der Waals surface area (Å²) in [6.45, 7) is 9.42. The van der Waals surface area contributed by atoms with Gasteiger partial charge in [0.2, 0.25) is 0 Å². The van der Waals surface area contributed by atoms with Crippen molar-refractivity contribution >= 4 is 17.7 Å². The number of hydrogen-bond donors (Lipinski definition) is 2. The zero-order valence-corrected chi connectivity index (χ0v) is 11.2. The van der Waals surface area contributed by atoms with Crippen molar-refractivity contribution in [1.82, 2.24) is 5.32 Å². The Kier molecular flexibility index (Phi) is 8.23. The van der Waals surface area contributed by atoms with Crippen LogP contribution in [-0.2, 0) is 4.79 Å². The summed E-state index contributed by atoms with van der Waals surface area (Å²) in [6, 6.07) is 0.489. The Bertz CT molecular complexity index is 282. The van der Waals surface area contributed by atoms with Gasteiger partial charge in [0, 0.05) is 18.5 Å². The number of ketones is 1. The van der Waals surface area contributed by atoms with Crippen molar-refractivity contribution in [3.63, 3.8) is 0 Å². The van der Waals surface area contributed by atoms with E-state index in [0.717, 1.165) is 13.0 Å². The largest absolute Gasteiger partial charge is 0.323 e. The van der Waals surface area contributed by atoms with Crippen LogP contribution in [0.5, 0.6) is 0 Å². The molecule has 0 aliphatic heterocycles. The van der Waals surface area contributed by atoms with Crippen LogP contribution in [0.25, 0.3) is 0 Å². The number of nitrogens with one attached hydrogen (secondary N) is 1. The summed E-state index contributed by atoms with van der Waals surface area (Å²) in [5, 5.41) is 6.75. The van der Waals surface area contributed by atoms with Crippen LogP contribution in [0.4, 0.5) is 0 Å². The fourth-order valence-corrected chi connectivity index (χ4v) is 1.17. The molecule has 0 aliphatic rings. The quantitative estimate of drug-likeness (QED) is 0.287. The predicted molar refractivity (Wildman–Crippen MR) is 72.6 cm³/mol. The van der Waals surface area contributed by atoms with E-state index in [0.29, 0.717) is 12.6 Å². The van der Waals surface area contributed by atoms with E-state index in [1.54, 1.807) is 0 Å². The zero-order valence-electron chi connectivity index (χ0n) is 11.2. The van der Waals surface area contributed by atoms with Crippen molar-refractivity contribution in [3.8, 4) is 0 Å². The maximum atomic E-state index is 11.6. The Morgan fingerprint density at radius 3 is 2.47 bits per heavy atom. The zero-order chi connectivity index (χ0) is 13.3. The molecule has 0 aromatic carbocycles. The number of nitrogens with two attached hydrogens (primary N) is 1. The highest BCUT2D eigenvalue weighted by atomic mass is 16.1. The molecule has 17 heavy (non-hydrogen) atoms. The topological polar surface area (TPSA) is 79.8 Å². The number of Topliss-reactive ketones (excluding diaryl/α,β-unsaturated/α-hetero) is 1. The van der Waals surface area contributed by atoms with E-state index in [-0.39, 0.29) is 17.4 Å². The normalized spacial score (nSPS) is 12.9. The van der Waals surface area contributed by atoms with Crippen LogP contribution in [0.3, 0.4) is 0 Å². The minimum absolute atomic E-state index is 0.0726. The van der Waals surface area contributed by atoms with Gasteiger partial charge in [0.05, 0.1) is 6.21 Å². The average Bonchev–Trinajstić information content (AvgIpc) is 2.27. The van der Waals surface area contributed by atoms with Crippen molar-refractivity contribution in [2.75, 3.05) is 13.1 Å². The fraction of sp³-hybridized carbons (Fsp3) is 0.750. The first kappa shape index (κ1) is 15.8. The highest BCUT2D eigenvalue weighted by Gasteiger charge is 2.12. The SMILES string of the molecule is CC(C)NCCCN=CC(=NN)C(=O)C(C)C. The van der Waals surface area contributed by atoms with Crippen molar-refractivity contribution in [2.24, 2.45) is 21.9 Å². The smallest absolute Gasteiger partial charge is 0.187 e. The van der Waals surface area contributed by atoms with E-state index in [4.69, 9.17) is 5.84 Å². The Morgan fingerprint density at radius 1 is 1.35 bits per heavy atom. The monoisotopic (exact) mass is 240 g/mol. The second kappa shape index (κ2) is 8.87. The second-order valence-electron chi connectivity index (χ2n) is 4.53. The van der Waals surface area contributed by atoms with E-state index in [9.17, 15) is 4.79 Å². The van der Waals surface area contributed by atoms with Gasteiger partial charge in [0.1, 0.15) is 5.71 Å². The first-order valence-electron chi connectivity index (χ1n) is 6.04. The van der Waals surface area contributed by atoms with E-state index >= 15 is 0 Å². The molecule has 0 aliphatic carbocycles. The molecule has 0 aromatic heterocycles. The highest BCUT2D eigenvalue weighted by molar-refractivity contribution is 6.61. The molecule has 0 rings (SSSR count). The Balaban J connectivity index is 3.94. The van der Waals surface area contributed by atoms with Gasteiger partial charge in [-0.05, 0) is 13.0 Å². The third kappa shape index (κ3) is 7.63. The molecule has 3 N–H and O–H groups in total. The van der Waals surface area contributed by atoms with E-state index in [1.165, 1.54) is 6.21 Å². The van der Waals surface area contributed by atoms with Gasteiger partial charge in [0.25, 0.3) is 0 Å². The molecule has 0 unspecified atom stereocenters. The van der Waals surface area contributed by atoms with Crippen molar-refractivity contribution in [2.45, 2.75) is 40.2 Å². The number of carbonyl (C=O) groups excluding carboxylic acids is 1. The second-order valence-corrected chi connectivity index (χ2v) is 4.53. The maximum absolute atomic E-state index is 11.6. The molecule has 0 aromatic rings. The molecule has 0 radical (unpaired) electrons. The molecule has 0 heterocycles. The number of hydrogen-bond acceptors (Lipinski definition) is 5. The van der Waals surface area contributed by atoms with Crippen LogP contribution in [-0.4, -0.2) is 36.8 Å². The number of rotatable bonds is 8. The van der Waals surface area contributed by atoms with Gasteiger partial charge in [-0.2, -0.15) is 5.10 Å². The summed E-state index contributed by atoms with van der Waals surface area (Å²) in [5.41, 5.74) is 0.247. The van der Waals surface area contributed by atoms with Crippen molar-refractivity contribution in [1.29, 1.82) is 0 Å². The van der Waals surface area contributed by atoms with Crippen molar-refractivity contribution < 1.29 is 4.79 Å². The van der Waals surface area contributed by atoms with Gasteiger partial charge in [-0.1, -0.05) is 27.7 Å². The summed E-state index contributed by atoms with van der Waals surface area (Å²) in [7, 11) is 0. The maximum Gasteiger partial charge on any atom is 0.187 e. The molecule has 5 heteroatoms. The molecule has 0 saturated carbocycles. The first-order chi connectivity index (χ1) is 7.99. The number of carbonyl (C=O) groups is 1. The van der Waals surface area contributed by atoms with Gasteiger partial charge in [-0.25, -0.2) is 0 Å². The average molecular weight is 240 g/mol. The van der Waals surface area contributed by atoms with E-state index in [1.807, 2.05) is 13.8 Å². The summed E-state index contributed by atoms with van der Waals surface area (Å²) in [4.78, 5) is 15.7. The lowest BCUT2D eigenvalue weighted by Crippen LogP contribution is -2.24. The van der Waals surface area contributed by atoms with E-state index in [2.05, 4.69) is 29.3 Å². The molecule has 0 spiro atoms. The molecule has 0 saturated heterocycles. The van der Waals surface area contributed by atoms with Crippen LogP contribution in [0, 0.1) is 5.92 Å². The molecule has 98 valence electrons. The predicted octanol–water partition coefficient (Wildman–Crippen LogP) is 0.985. The molecule has 0 fully saturated rings. The Hall–Kier alpha value is -1.23. The summed E-state index contributed by atoms with van der Waals surface area (Å²) >= 11 is 0. The number of aliphatic imine (C=N–C) groups is 1. The first-order valence-corrected chi connectivity index (χ1v) is 6.04. The number of nitrogens with zero attached hydrogens (tertiary/aromatic N) is 2. The molecular formula is C12H24N4O. The molecule has 0 atom stereocenters. The number of hydrazone groups is 1. The molecule has 0 bridgehead atoms. The highest BCUT2D eigenvalue weighted by Crippen LogP contribution is 1.95. The van der Waals surface area contributed by atoms with Gasteiger partial charge in [0.15, 0.2) is 5.78 Å². The van der Waals surface area contributed by atoms with Gasteiger partial charge in [-0.3, -0.25) is 9.79 Å². The lowest BCUT2D eigenvalue weighted by atomic mass is 10.1. The third-order valence-electron chi connectivity index (χ3n) is 2.15. The van der Waals surface area contributed by atoms with Gasteiger partial charge >= 0.3 is 0 Å². The summed E-state index contributed by atoms with van der Waals surface area (Å²) in [5.74, 6) is 4.98. The molecule has 0 amide bonds. The summed E-state index contributed by atoms with van der Waals surface area (Å²) < 4.78 is 0. The Morgan fingerprint density at radius 2 is 2.00 bits per heavy atom. The van der Waals surface area contributed by atoms with Crippen LogP contribution in [0.2, 0.25) is 0 Å². The van der Waals surface area contributed by atoms with Crippen LogP contribution >= 0.6 is 0 Å². The summed E-state index contributed by atoms with van der Waals surface area (Å²) in [6.07, 6.45) is 2.40. The van der Waals surface area contributed by atoms with Crippen molar-refractivity contribution in [3.05, 3.63) is 0 Å². The Labute approximate surface area is 104 Å². The standard InChI is InChI=1S/C12H24N4O/c1-9(2)12(17)11(16-13)8-14-6-5-7-15-10(3)4/h8-10,15H,5-7,13H2,1-4H3. The minimum Gasteiger partial charge on any atom is -0.323 e. The van der Waals surface area contributed by atoms with Crippen LogP contribution < -0.4 is 11.2 Å². The van der Waals surface area contributed by atoms with E-state index < -0.39 is 0 Å². The van der Waals surface area contributed by atoms with Crippen LogP contribution in [0.1, 0.15) is 34.1 Å². The fourth-order valence-electron chi connectivity index (χ4n) is 1.17. The lowest BCUT2D eigenvalue weighted by Gasteiger charge is -2.05. The molecular weight excluding hydrogens is 216 g/mol.